The van der Waals surface area contributed by atoms with Crippen LogP contribution < -0.4 is 5.73 Å². The molecule has 2 atom stereocenters. The maximum atomic E-state index is 6.03. The zero-order valence-corrected chi connectivity index (χ0v) is 14.2. The molecule has 2 aromatic rings. The van der Waals surface area contributed by atoms with E-state index in [9.17, 15) is 0 Å². The van der Waals surface area contributed by atoms with Crippen LogP contribution in [-0.2, 0) is 6.42 Å². The van der Waals surface area contributed by atoms with Gasteiger partial charge in [0.25, 0.3) is 0 Å². The van der Waals surface area contributed by atoms with Crippen LogP contribution in [0, 0.1) is 6.92 Å². The molecule has 1 aromatic carbocycles. The maximum absolute atomic E-state index is 6.03. The highest BCUT2D eigenvalue weighted by atomic mass is 32.2. The topological polar surface area (TPSA) is 43.8 Å². The van der Waals surface area contributed by atoms with Gasteiger partial charge >= 0.3 is 0 Å². The standard InChI is InChI=1S/C17H25N3S/c1-5-13(3)21-17-16(11-12(2)18)14(4)19-20(17)15-9-7-6-8-10-15/h6-10,12-13H,5,11,18H2,1-4H3. The molecule has 2 N–H and O–H groups in total. The molecule has 0 radical (unpaired) electrons. The molecule has 0 fully saturated rings. The van der Waals surface area contributed by atoms with Gasteiger partial charge in [-0.2, -0.15) is 5.10 Å². The van der Waals surface area contributed by atoms with Crippen molar-refractivity contribution >= 4 is 11.8 Å². The number of thioether (sulfide) groups is 1. The number of hydrogen-bond acceptors (Lipinski definition) is 3. The van der Waals surface area contributed by atoms with E-state index in [1.807, 2.05) is 17.8 Å². The third-order valence-corrected chi connectivity index (χ3v) is 4.93. The third kappa shape index (κ3) is 3.89. The van der Waals surface area contributed by atoms with Crippen molar-refractivity contribution in [2.75, 3.05) is 0 Å². The van der Waals surface area contributed by atoms with Gasteiger partial charge < -0.3 is 5.73 Å². The van der Waals surface area contributed by atoms with Gasteiger partial charge in [0, 0.05) is 16.9 Å². The smallest absolute Gasteiger partial charge is 0.104 e. The molecule has 0 amide bonds. The first kappa shape index (κ1) is 16.1. The van der Waals surface area contributed by atoms with Crippen LogP contribution in [0.1, 0.15) is 38.4 Å². The van der Waals surface area contributed by atoms with Crippen molar-refractivity contribution in [3.63, 3.8) is 0 Å². The minimum absolute atomic E-state index is 0.147. The lowest BCUT2D eigenvalue weighted by molar-refractivity contribution is 0.717. The fourth-order valence-corrected chi connectivity index (χ4v) is 3.40. The molecule has 0 saturated carbocycles. The van der Waals surface area contributed by atoms with Crippen LogP contribution in [0.3, 0.4) is 0 Å². The Kier molecular flexibility index (Phi) is 5.48. The number of aryl methyl sites for hydroxylation is 1. The molecule has 1 heterocycles. The first-order valence-corrected chi connectivity index (χ1v) is 8.47. The van der Waals surface area contributed by atoms with Gasteiger partial charge in [-0.1, -0.05) is 32.0 Å². The molecule has 114 valence electrons. The molecule has 21 heavy (non-hydrogen) atoms. The van der Waals surface area contributed by atoms with Crippen molar-refractivity contribution in [1.29, 1.82) is 0 Å². The molecular weight excluding hydrogens is 278 g/mol. The highest BCUT2D eigenvalue weighted by molar-refractivity contribution is 7.99. The van der Waals surface area contributed by atoms with Crippen molar-refractivity contribution in [3.05, 3.63) is 41.6 Å². The summed E-state index contributed by atoms with van der Waals surface area (Å²) in [4.78, 5) is 0. The quantitative estimate of drug-likeness (QED) is 0.821. The van der Waals surface area contributed by atoms with Crippen LogP contribution in [0.4, 0.5) is 0 Å². The fraction of sp³-hybridized carbons (Fsp3) is 0.471. The summed E-state index contributed by atoms with van der Waals surface area (Å²) in [7, 11) is 0. The third-order valence-electron chi connectivity index (χ3n) is 3.55. The number of hydrogen-bond donors (Lipinski definition) is 1. The Morgan fingerprint density at radius 3 is 2.48 bits per heavy atom. The number of para-hydroxylation sites is 1. The van der Waals surface area contributed by atoms with E-state index in [1.165, 1.54) is 10.6 Å². The SMILES string of the molecule is CCC(C)Sc1c(CC(C)N)c(C)nn1-c1ccccc1. The van der Waals surface area contributed by atoms with E-state index in [4.69, 9.17) is 10.8 Å². The fourth-order valence-electron chi connectivity index (χ4n) is 2.23. The van der Waals surface area contributed by atoms with Crippen LogP contribution in [0.15, 0.2) is 35.4 Å². The van der Waals surface area contributed by atoms with Crippen LogP contribution in [0.2, 0.25) is 0 Å². The first-order valence-electron chi connectivity index (χ1n) is 7.59. The molecular formula is C17H25N3S. The normalized spacial score (nSPS) is 14.1. The summed E-state index contributed by atoms with van der Waals surface area (Å²) in [5.41, 5.74) is 9.52. The van der Waals surface area contributed by atoms with Crippen molar-refractivity contribution in [1.82, 2.24) is 9.78 Å². The number of benzene rings is 1. The summed E-state index contributed by atoms with van der Waals surface area (Å²) >= 11 is 1.90. The van der Waals surface area contributed by atoms with E-state index in [0.717, 1.165) is 24.2 Å². The zero-order chi connectivity index (χ0) is 15.4. The number of nitrogens with two attached hydrogens (primary N) is 1. The molecule has 0 aliphatic heterocycles. The molecule has 4 heteroatoms. The van der Waals surface area contributed by atoms with E-state index >= 15 is 0 Å². The Hall–Kier alpha value is -1.26. The molecule has 0 spiro atoms. The van der Waals surface area contributed by atoms with Crippen molar-refractivity contribution < 1.29 is 0 Å². The first-order chi connectivity index (χ1) is 10.0. The molecule has 0 aliphatic rings. The molecule has 0 saturated heterocycles. The maximum Gasteiger partial charge on any atom is 0.104 e. The summed E-state index contributed by atoms with van der Waals surface area (Å²) in [5, 5.41) is 6.57. The van der Waals surface area contributed by atoms with E-state index < -0.39 is 0 Å². The Morgan fingerprint density at radius 1 is 1.24 bits per heavy atom. The van der Waals surface area contributed by atoms with Crippen LogP contribution in [0.5, 0.6) is 0 Å². The Labute approximate surface area is 131 Å². The highest BCUT2D eigenvalue weighted by Crippen LogP contribution is 2.33. The van der Waals surface area contributed by atoms with Gasteiger partial charge in [0.2, 0.25) is 0 Å². The number of nitrogens with zero attached hydrogens (tertiary/aromatic N) is 2. The van der Waals surface area contributed by atoms with E-state index in [0.29, 0.717) is 5.25 Å². The van der Waals surface area contributed by atoms with E-state index in [1.54, 1.807) is 0 Å². The minimum atomic E-state index is 0.147. The second-order valence-electron chi connectivity index (χ2n) is 5.63. The second-order valence-corrected chi connectivity index (χ2v) is 7.06. The van der Waals surface area contributed by atoms with Gasteiger partial charge in [-0.15, -0.1) is 11.8 Å². The summed E-state index contributed by atoms with van der Waals surface area (Å²) in [6.45, 7) is 8.62. The van der Waals surface area contributed by atoms with Gasteiger partial charge in [0.1, 0.15) is 5.03 Å². The Morgan fingerprint density at radius 2 is 1.90 bits per heavy atom. The molecule has 3 nitrogen and oxygen atoms in total. The molecule has 0 bridgehead atoms. The van der Waals surface area contributed by atoms with Gasteiger partial charge in [-0.25, -0.2) is 4.68 Å². The summed E-state index contributed by atoms with van der Waals surface area (Å²) < 4.78 is 2.07. The van der Waals surface area contributed by atoms with Gasteiger partial charge in [-0.3, -0.25) is 0 Å². The summed E-state index contributed by atoms with van der Waals surface area (Å²) in [5.74, 6) is 0. The average Bonchev–Trinajstić information content (AvgIpc) is 2.76. The summed E-state index contributed by atoms with van der Waals surface area (Å²) in [6.07, 6.45) is 2.01. The van der Waals surface area contributed by atoms with E-state index in [-0.39, 0.29) is 6.04 Å². The zero-order valence-electron chi connectivity index (χ0n) is 13.3. The van der Waals surface area contributed by atoms with Gasteiger partial charge in [-0.05, 0) is 38.8 Å². The monoisotopic (exact) mass is 303 g/mol. The van der Waals surface area contributed by atoms with Crippen LogP contribution in [0.25, 0.3) is 5.69 Å². The van der Waals surface area contributed by atoms with Crippen molar-refractivity contribution in [2.24, 2.45) is 5.73 Å². The molecule has 2 rings (SSSR count). The highest BCUT2D eigenvalue weighted by Gasteiger charge is 2.19. The lowest BCUT2D eigenvalue weighted by Gasteiger charge is -2.14. The van der Waals surface area contributed by atoms with E-state index in [2.05, 4.69) is 56.6 Å². The Balaban J connectivity index is 2.49. The summed E-state index contributed by atoms with van der Waals surface area (Å²) in [6, 6.07) is 10.5. The van der Waals surface area contributed by atoms with Crippen molar-refractivity contribution in [3.8, 4) is 5.69 Å². The minimum Gasteiger partial charge on any atom is -0.328 e. The average molecular weight is 303 g/mol. The van der Waals surface area contributed by atoms with Crippen molar-refractivity contribution in [2.45, 2.75) is 56.9 Å². The number of rotatable bonds is 6. The second kappa shape index (κ2) is 7.14. The lowest BCUT2D eigenvalue weighted by Crippen LogP contribution is -2.18. The predicted molar refractivity (Wildman–Crippen MR) is 91.3 cm³/mol. The predicted octanol–water partition coefficient (Wildman–Crippen LogP) is 3.96. The Bertz CT molecular complexity index is 575. The van der Waals surface area contributed by atoms with Gasteiger partial charge in [0.15, 0.2) is 0 Å². The van der Waals surface area contributed by atoms with Gasteiger partial charge in [0.05, 0.1) is 11.4 Å². The number of aromatic nitrogens is 2. The molecule has 2 unspecified atom stereocenters. The van der Waals surface area contributed by atoms with Crippen LogP contribution >= 0.6 is 11.8 Å². The largest absolute Gasteiger partial charge is 0.328 e. The lowest BCUT2D eigenvalue weighted by atomic mass is 10.1. The molecule has 1 aromatic heterocycles. The van der Waals surface area contributed by atoms with Crippen LogP contribution in [-0.4, -0.2) is 21.1 Å². The molecule has 0 aliphatic carbocycles.